The molecule has 7 nitrogen and oxygen atoms in total. The van der Waals surface area contributed by atoms with Crippen LogP contribution in [0.4, 0.5) is 0 Å². The van der Waals surface area contributed by atoms with Crippen molar-refractivity contribution >= 4 is 11.2 Å². The second-order valence-corrected chi connectivity index (χ2v) is 4.43. The number of aromatic nitrogens is 6. The minimum atomic E-state index is -0.0884. The Hall–Kier alpha value is -2.44. The van der Waals surface area contributed by atoms with Gasteiger partial charge in [-0.1, -0.05) is 6.92 Å². The Balaban J connectivity index is 2.15. The van der Waals surface area contributed by atoms with Crippen molar-refractivity contribution in [2.75, 3.05) is 0 Å². The van der Waals surface area contributed by atoms with Gasteiger partial charge in [-0.05, 0) is 6.42 Å². The maximum Gasteiger partial charge on any atom is 0.279 e. The topological polar surface area (TPSA) is 81.4 Å². The summed E-state index contributed by atoms with van der Waals surface area (Å²) in [5, 5.41) is 4.09. The van der Waals surface area contributed by atoms with Gasteiger partial charge in [0.1, 0.15) is 12.2 Å². The standard InChI is InChI=1S/C12H14N6O/c1-3-4-18-7-13-11-9(12(18)19)15-10(16-11)8-5-14-17(2)6-8/h5-7H,3-4H2,1-2H3,(H,15,16). The summed E-state index contributed by atoms with van der Waals surface area (Å²) in [7, 11) is 1.83. The third kappa shape index (κ3) is 1.92. The zero-order valence-corrected chi connectivity index (χ0v) is 10.8. The van der Waals surface area contributed by atoms with Crippen LogP contribution in [0.1, 0.15) is 13.3 Å². The van der Waals surface area contributed by atoms with Gasteiger partial charge in [0.25, 0.3) is 5.56 Å². The summed E-state index contributed by atoms with van der Waals surface area (Å²) < 4.78 is 3.28. The highest BCUT2D eigenvalue weighted by Crippen LogP contribution is 2.16. The molecule has 0 radical (unpaired) electrons. The van der Waals surface area contributed by atoms with E-state index >= 15 is 0 Å². The zero-order chi connectivity index (χ0) is 13.4. The molecule has 0 amide bonds. The first-order valence-corrected chi connectivity index (χ1v) is 6.13. The predicted octanol–water partition coefficient (Wildman–Crippen LogP) is 0.930. The van der Waals surface area contributed by atoms with Gasteiger partial charge in [-0.25, -0.2) is 9.97 Å². The average Bonchev–Trinajstić information content (AvgIpc) is 2.99. The van der Waals surface area contributed by atoms with Crippen LogP contribution in [0.3, 0.4) is 0 Å². The molecule has 0 atom stereocenters. The first kappa shape index (κ1) is 11.6. The number of fused-ring (bicyclic) bond motifs is 1. The Bertz CT molecular complexity index is 781. The third-order valence-corrected chi connectivity index (χ3v) is 2.92. The molecule has 0 fully saturated rings. The van der Waals surface area contributed by atoms with Gasteiger partial charge in [0.05, 0.1) is 11.8 Å². The number of nitrogens with one attached hydrogen (secondary N) is 1. The fourth-order valence-electron chi connectivity index (χ4n) is 2.01. The Morgan fingerprint density at radius 2 is 2.26 bits per heavy atom. The third-order valence-electron chi connectivity index (χ3n) is 2.92. The first-order chi connectivity index (χ1) is 9.19. The van der Waals surface area contributed by atoms with E-state index in [2.05, 4.69) is 20.1 Å². The van der Waals surface area contributed by atoms with E-state index in [0.29, 0.717) is 23.5 Å². The van der Waals surface area contributed by atoms with Crippen molar-refractivity contribution < 1.29 is 0 Å². The lowest BCUT2D eigenvalue weighted by Gasteiger charge is -2.00. The Morgan fingerprint density at radius 3 is 2.95 bits per heavy atom. The minimum Gasteiger partial charge on any atom is -0.332 e. The number of imidazole rings is 1. The Labute approximate surface area is 108 Å². The summed E-state index contributed by atoms with van der Waals surface area (Å²) in [6, 6.07) is 0. The van der Waals surface area contributed by atoms with Crippen molar-refractivity contribution in [1.29, 1.82) is 0 Å². The molecule has 0 aliphatic carbocycles. The first-order valence-electron chi connectivity index (χ1n) is 6.13. The number of hydrogen-bond acceptors (Lipinski definition) is 4. The SMILES string of the molecule is CCCn1cnc2nc(-c3cnn(C)c3)[nH]c2c1=O. The van der Waals surface area contributed by atoms with Crippen molar-refractivity contribution in [3.05, 3.63) is 29.1 Å². The maximum absolute atomic E-state index is 12.2. The lowest BCUT2D eigenvalue weighted by atomic mass is 10.3. The van der Waals surface area contributed by atoms with Crippen LogP contribution in [-0.2, 0) is 13.6 Å². The molecule has 0 bridgehead atoms. The summed E-state index contributed by atoms with van der Waals surface area (Å²) in [5.41, 5.74) is 1.63. The van der Waals surface area contributed by atoms with Crippen molar-refractivity contribution in [3.63, 3.8) is 0 Å². The highest BCUT2D eigenvalue weighted by molar-refractivity contribution is 5.74. The normalized spacial score (nSPS) is 11.3. The molecular weight excluding hydrogens is 244 g/mol. The fraction of sp³-hybridized carbons (Fsp3) is 0.333. The van der Waals surface area contributed by atoms with Crippen molar-refractivity contribution in [1.82, 2.24) is 29.3 Å². The lowest BCUT2D eigenvalue weighted by Crippen LogP contribution is -2.20. The van der Waals surface area contributed by atoms with E-state index in [-0.39, 0.29) is 5.56 Å². The van der Waals surface area contributed by atoms with Gasteiger partial charge in [-0.2, -0.15) is 5.10 Å². The van der Waals surface area contributed by atoms with Crippen molar-refractivity contribution in [3.8, 4) is 11.4 Å². The van der Waals surface area contributed by atoms with E-state index in [1.54, 1.807) is 21.8 Å². The molecule has 3 aromatic rings. The van der Waals surface area contributed by atoms with Crippen LogP contribution in [-0.4, -0.2) is 29.3 Å². The minimum absolute atomic E-state index is 0.0884. The largest absolute Gasteiger partial charge is 0.332 e. The predicted molar refractivity (Wildman–Crippen MR) is 70.6 cm³/mol. The molecule has 3 rings (SSSR count). The smallest absolute Gasteiger partial charge is 0.279 e. The summed E-state index contributed by atoms with van der Waals surface area (Å²) in [6.45, 7) is 2.67. The Morgan fingerprint density at radius 1 is 1.42 bits per heavy atom. The van der Waals surface area contributed by atoms with E-state index in [1.807, 2.05) is 20.2 Å². The second-order valence-electron chi connectivity index (χ2n) is 4.43. The number of hydrogen-bond donors (Lipinski definition) is 1. The number of rotatable bonds is 3. The highest BCUT2D eigenvalue weighted by atomic mass is 16.1. The number of aromatic amines is 1. The monoisotopic (exact) mass is 258 g/mol. The molecule has 1 N–H and O–H groups in total. The molecule has 0 aliphatic rings. The maximum atomic E-state index is 12.2. The average molecular weight is 258 g/mol. The molecule has 19 heavy (non-hydrogen) atoms. The summed E-state index contributed by atoms with van der Waals surface area (Å²) in [6.07, 6.45) is 5.96. The van der Waals surface area contributed by atoms with Crippen LogP contribution in [0.25, 0.3) is 22.6 Å². The van der Waals surface area contributed by atoms with Gasteiger partial charge < -0.3 is 4.98 Å². The molecule has 0 saturated carbocycles. The number of H-pyrrole nitrogens is 1. The Kier molecular flexibility index (Phi) is 2.66. The van der Waals surface area contributed by atoms with Gasteiger partial charge in [0, 0.05) is 19.8 Å². The molecule has 0 aromatic carbocycles. The molecule has 98 valence electrons. The lowest BCUT2D eigenvalue weighted by molar-refractivity contribution is 0.647. The van der Waals surface area contributed by atoms with Gasteiger partial charge in [-0.3, -0.25) is 14.0 Å². The summed E-state index contributed by atoms with van der Waals surface area (Å²) in [5.74, 6) is 0.613. The highest BCUT2D eigenvalue weighted by Gasteiger charge is 2.11. The van der Waals surface area contributed by atoms with Gasteiger partial charge in [-0.15, -0.1) is 0 Å². The summed E-state index contributed by atoms with van der Waals surface area (Å²) in [4.78, 5) is 23.8. The molecule has 0 spiro atoms. The van der Waals surface area contributed by atoms with Gasteiger partial charge in [0.15, 0.2) is 11.2 Å². The number of nitrogens with zero attached hydrogens (tertiary/aromatic N) is 5. The second kappa shape index (κ2) is 4.34. The van der Waals surface area contributed by atoms with E-state index in [1.165, 1.54) is 0 Å². The quantitative estimate of drug-likeness (QED) is 0.757. The molecule has 0 saturated heterocycles. The van der Waals surface area contributed by atoms with Gasteiger partial charge in [0.2, 0.25) is 0 Å². The van der Waals surface area contributed by atoms with E-state index in [0.717, 1.165) is 12.0 Å². The molecule has 0 unspecified atom stereocenters. The van der Waals surface area contributed by atoms with Gasteiger partial charge >= 0.3 is 0 Å². The zero-order valence-electron chi connectivity index (χ0n) is 10.8. The molecule has 7 heteroatoms. The van der Waals surface area contributed by atoms with E-state index in [4.69, 9.17) is 0 Å². The number of aryl methyl sites for hydroxylation is 2. The molecule has 3 aromatic heterocycles. The van der Waals surface area contributed by atoms with E-state index < -0.39 is 0 Å². The van der Waals surface area contributed by atoms with Crippen LogP contribution >= 0.6 is 0 Å². The fourth-order valence-corrected chi connectivity index (χ4v) is 2.01. The van der Waals surface area contributed by atoms with Crippen LogP contribution in [0.5, 0.6) is 0 Å². The van der Waals surface area contributed by atoms with Crippen LogP contribution in [0.15, 0.2) is 23.5 Å². The van der Waals surface area contributed by atoms with Crippen LogP contribution in [0, 0.1) is 0 Å². The molecule has 3 heterocycles. The van der Waals surface area contributed by atoms with Crippen molar-refractivity contribution in [2.45, 2.75) is 19.9 Å². The van der Waals surface area contributed by atoms with Crippen LogP contribution < -0.4 is 5.56 Å². The van der Waals surface area contributed by atoms with Crippen molar-refractivity contribution in [2.24, 2.45) is 7.05 Å². The molecular formula is C12H14N6O. The summed E-state index contributed by atoms with van der Waals surface area (Å²) >= 11 is 0. The molecule has 0 aliphatic heterocycles. The van der Waals surface area contributed by atoms with Crippen LogP contribution in [0.2, 0.25) is 0 Å². The van der Waals surface area contributed by atoms with E-state index in [9.17, 15) is 4.79 Å².